The van der Waals surface area contributed by atoms with Crippen LogP contribution in [-0.2, 0) is 11.3 Å². The summed E-state index contributed by atoms with van der Waals surface area (Å²) >= 11 is 1.65. The highest BCUT2D eigenvalue weighted by Gasteiger charge is 2.36. The minimum Gasteiger partial charge on any atom is -0.497 e. The van der Waals surface area contributed by atoms with E-state index in [1.165, 1.54) is 0 Å². The molecule has 1 heterocycles. The third-order valence-corrected chi connectivity index (χ3v) is 5.43. The first-order valence-electron chi connectivity index (χ1n) is 8.99. The fraction of sp³-hybridized carbons (Fsp3) is 0.333. The van der Waals surface area contributed by atoms with Gasteiger partial charge in [-0.2, -0.15) is 11.8 Å². The van der Waals surface area contributed by atoms with Crippen molar-refractivity contribution in [3.8, 4) is 11.5 Å². The number of anilines is 1. The van der Waals surface area contributed by atoms with Crippen molar-refractivity contribution in [2.24, 2.45) is 0 Å². The van der Waals surface area contributed by atoms with Crippen LogP contribution in [-0.4, -0.2) is 49.0 Å². The fourth-order valence-corrected chi connectivity index (χ4v) is 3.77. The Balaban J connectivity index is 1.85. The number of fused-ring (bicyclic) bond motifs is 1. The number of carbonyl (C=O) groups is 2. The van der Waals surface area contributed by atoms with Gasteiger partial charge < -0.3 is 19.7 Å². The van der Waals surface area contributed by atoms with Crippen LogP contribution in [0.2, 0.25) is 0 Å². The SMILES string of the molecule is COc1ccc(OC)c(NC(=O)[C@H](CCSC)N2Cc3ccccc3C2=O)c1. The van der Waals surface area contributed by atoms with Crippen molar-refractivity contribution in [2.45, 2.75) is 19.0 Å². The van der Waals surface area contributed by atoms with Gasteiger partial charge in [-0.05, 0) is 42.2 Å². The third kappa shape index (κ3) is 4.09. The number of hydrogen-bond acceptors (Lipinski definition) is 5. The van der Waals surface area contributed by atoms with Crippen LogP contribution in [0.25, 0.3) is 0 Å². The fourth-order valence-electron chi connectivity index (χ4n) is 3.31. The molecule has 2 aromatic rings. The van der Waals surface area contributed by atoms with Crippen LogP contribution in [0.3, 0.4) is 0 Å². The van der Waals surface area contributed by atoms with Crippen molar-refractivity contribution in [2.75, 3.05) is 31.5 Å². The molecular weight excluding hydrogens is 376 g/mol. The minimum absolute atomic E-state index is 0.102. The zero-order valence-corrected chi connectivity index (χ0v) is 17.0. The van der Waals surface area contributed by atoms with Crippen molar-refractivity contribution >= 4 is 29.3 Å². The molecule has 0 spiro atoms. The van der Waals surface area contributed by atoms with Crippen LogP contribution in [0.4, 0.5) is 5.69 Å². The first kappa shape index (κ1) is 20.1. The predicted molar refractivity (Wildman–Crippen MR) is 111 cm³/mol. The number of rotatable bonds is 8. The summed E-state index contributed by atoms with van der Waals surface area (Å²) in [5.74, 6) is 1.58. The van der Waals surface area contributed by atoms with Crippen LogP contribution in [0, 0.1) is 0 Å². The van der Waals surface area contributed by atoms with Gasteiger partial charge >= 0.3 is 0 Å². The van der Waals surface area contributed by atoms with Crippen LogP contribution in [0.5, 0.6) is 11.5 Å². The summed E-state index contributed by atoms with van der Waals surface area (Å²) in [6.45, 7) is 0.441. The van der Waals surface area contributed by atoms with Crippen LogP contribution < -0.4 is 14.8 Å². The number of hydrogen-bond donors (Lipinski definition) is 1. The Morgan fingerprint density at radius 2 is 2.00 bits per heavy atom. The molecule has 28 heavy (non-hydrogen) atoms. The first-order chi connectivity index (χ1) is 13.6. The monoisotopic (exact) mass is 400 g/mol. The van der Waals surface area contributed by atoms with Gasteiger partial charge in [-0.15, -0.1) is 0 Å². The number of methoxy groups -OCH3 is 2. The van der Waals surface area contributed by atoms with E-state index in [2.05, 4.69) is 5.32 Å². The molecule has 1 aliphatic heterocycles. The van der Waals surface area contributed by atoms with E-state index in [4.69, 9.17) is 9.47 Å². The number of ether oxygens (including phenoxy) is 2. The van der Waals surface area contributed by atoms with E-state index in [0.717, 1.165) is 11.3 Å². The van der Waals surface area contributed by atoms with E-state index >= 15 is 0 Å². The second-order valence-corrected chi connectivity index (χ2v) is 7.43. The zero-order valence-electron chi connectivity index (χ0n) is 16.2. The molecule has 0 radical (unpaired) electrons. The smallest absolute Gasteiger partial charge is 0.255 e. The van der Waals surface area contributed by atoms with Crippen molar-refractivity contribution in [3.05, 3.63) is 53.6 Å². The summed E-state index contributed by atoms with van der Waals surface area (Å²) in [5.41, 5.74) is 2.14. The Hall–Kier alpha value is -2.67. The summed E-state index contributed by atoms with van der Waals surface area (Å²) in [6.07, 6.45) is 2.56. The molecule has 148 valence electrons. The Labute approximate surface area is 169 Å². The number of thioether (sulfide) groups is 1. The lowest BCUT2D eigenvalue weighted by Crippen LogP contribution is -2.44. The van der Waals surface area contributed by atoms with E-state index in [9.17, 15) is 9.59 Å². The summed E-state index contributed by atoms with van der Waals surface area (Å²) in [6, 6.07) is 12.1. The standard InChI is InChI=1S/C21H24N2O4S/c1-26-15-8-9-19(27-2)17(12-15)22-20(24)18(10-11-28-3)23-13-14-6-4-5-7-16(14)21(23)25/h4-9,12,18H,10-11,13H2,1-3H3,(H,22,24)/t18-/m0/s1. The number of amides is 2. The second-order valence-electron chi connectivity index (χ2n) is 6.44. The molecule has 0 unspecified atom stereocenters. The van der Waals surface area contributed by atoms with Gasteiger partial charge in [0.1, 0.15) is 17.5 Å². The topological polar surface area (TPSA) is 67.9 Å². The van der Waals surface area contributed by atoms with Crippen molar-refractivity contribution in [1.29, 1.82) is 0 Å². The van der Waals surface area contributed by atoms with Crippen molar-refractivity contribution in [1.82, 2.24) is 4.90 Å². The van der Waals surface area contributed by atoms with Crippen LogP contribution in [0.15, 0.2) is 42.5 Å². The molecular formula is C21H24N2O4S. The quantitative estimate of drug-likeness (QED) is 0.735. The molecule has 0 aromatic heterocycles. The van der Waals surface area contributed by atoms with Crippen molar-refractivity contribution < 1.29 is 19.1 Å². The number of nitrogens with zero attached hydrogens (tertiary/aromatic N) is 1. The van der Waals surface area contributed by atoms with Gasteiger partial charge in [-0.1, -0.05) is 18.2 Å². The van der Waals surface area contributed by atoms with E-state index in [1.54, 1.807) is 49.1 Å². The number of carbonyl (C=O) groups excluding carboxylic acids is 2. The maximum absolute atomic E-state index is 13.2. The summed E-state index contributed by atoms with van der Waals surface area (Å²) in [4.78, 5) is 27.7. The average Bonchev–Trinajstić information content (AvgIpc) is 3.05. The van der Waals surface area contributed by atoms with Gasteiger partial charge in [-0.3, -0.25) is 9.59 Å². The predicted octanol–water partition coefficient (Wildman–Crippen LogP) is 3.42. The second kappa shape index (κ2) is 9.01. The van der Waals surface area contributed by atoms with E-state index in [1.807, 2.05) is 30.5 Å². The molecule has 1 aliphatic rings. The van der Waals surface area contributed by atoms with E-state index in [0.29, 0.717) is 35.7 Å². The van der Waals surface area contributed by atoms with Crippen molar-refractivity contribution in [3.63, 3.8) is 0 Å². The Morgan fingerprint density at radius 3 is 2.68 bits per heavy atom. The maximum Gasteiger partial charge on any atom is 0.255 e. The van der Waals surface area contributed by atoms with Gasteiger partial charge in [0, 0.05) is 18.2 Å². The molecule has 1 N–H and O–H groups in total. The molecule has 6 nitrogen and oxygen atoms in total. The zero-order chi connectivity index (χ0) is 20.1. The first-order valence-corrected chi connectivity index (χ1v) is 10.4. The molecule has 0 saturated carbocycles. The highest BCUT2D eigenvalue weighted by molar-refractivity contribution is 7.98. The van der Waals surface area contributed by atoms with Gasteiger partial charge in [0.15, 0.2) is 0 Å². The Bertz CT molecular complexity index is 871. The maximum atomic E-state index is 13.2. The lowest BCUT2D eigenvalue weighted by molar-refractivity contribution is -0.120. The van der Waals surface area contributed by atoms with Gasteiger partial charge in [0.25, 0.3) is 5.91 Å². The highest BCUT2D eigenvalue weighted by atomic mass is 32.2. The normalized spacial score (nSPS) is 13.8. The summed E-state index contributed by atoms with van der Waals surface area (Å²) < 4.78 is 10.6. The molecule has 2 amide bonds. The lowest BCUT2D eigenvalue weighted by atomic mass is 10.1. The molecule has 1 atom stereocenters. The minimum atomic E-state index is -0.566. The average molecular weight is 401 g/mol. The molecule has 0 bridgehead atoms. The summed E-state index contributed by atoms with van der Waals surface area (Å²) in [5, 5.41) is 2.92. The van der Waals surface area contributed by atoms with E-state index in [-0.39, 0.29) is 11.8 Å². The lowest BCUT2D eigenvalue weighted by Gasteiger charge is -2.27. The molecule has 7 heteroatoms. The molecule has 0 saturated heterocycles. The summed E-state index contributed by atoms with van der Waals surface area (Å²) in [7, 11) is 3.11. The third-order valence-electron chi connectivity index (χ3n) is 4.79. The number of nitrogens with one attached hydrogen (secondary N) is 1. The molecule has 3 rings (SSSR count). The largest absolute Gasteiger partial charge is 0.497 e. The van der Waals surface area contributed by atoms with Gasteiger partial charge in [0.2, 0.25) is 5.91 Å². The van der Waals surface area contributed by atoms with Crippen LogP contribution >= 0.6 is 11.8 Å². The molecule has 2 aromatic carbocycles. The molecule has 0 fully saturated rings. The molecule has 0 aliphatic carbocycles. The van der Waals surface area contributed by atoms with E-state index < -0.39 is 6.04 Å². The van der Waals surface area contributed by atoms with Crippen LogP contribution in [0.1, 0.15) is 22.3 Å². The van der Waals surface area contributed by atoms with Gasteiger partial charge in [0.05, 0.1) is 19.9 Å². The Morgan fingerprint density at radius 1 is 1.21 bits per heavy atom. The highest BCUT2D eigenvalue weighted by Crippen LogP contribution is 2.31. The van der Waals surface area contributed by atoms with Gasteiger partial charge in [-0.25, -0.2) is 0 Å². The Kier molecular flexibility index (Phi) is 6.46. The number of benzene rings is 2.